The van der Waals surface area contributed by atoms with Gasteiger partial charge < -0.3 is 15.5 Å². The van der Waals surface area contributed by atoms with Crippen LogP contribution in [0.15, 0.2) is 67.8 Å². The molecule has 5 rings (SSSR count). The number of aryl methyl sites for hydroxylation is 2. The predicted octanol–water partition coefficient (Wildman–Crippen LogP) is 6.28. The van der Waals surface area contributed by atoms with Crippen LogP contribution in [0.4, 0.5) is 21.7 Å². The summed E-state index contributed by atoms with van der Waals surface area (Å²) in [7, 11) is 2.12. The second kappa shape index (κ2) is 14.8. The van der Waals surface area contributed by atoms with Crippen molar-refractivity contribution in [2.24, 2.45) is 0 Å². The number of anilines is 3. The second-order valence-corrected chi connectivity index (χ2v) is 11.4. The summed E-state index contributed by atoms with van der Waals surface area (Å²) in [6.07, 6.45) is 10.6. The molecule has 8 nitrogen and oxygen atoms in total. The van der Waals surface area contributed by atoms with Crippen LogP contribution in [-0.4, -0.2) is 62.8 Å². The van der Waals surface area contributed by atoms with Crippen LogP contribution in [0.2, 0.25) is 0 Å². The second-order valence-electron chi connectivity index (χ2n) is 11.4. The van der Waals surface area contributed by atoms with Crippen molar-refractivity contribution < 1.29 is 4.39 Å². The molecule has 0 bridgehead atoms. The van der Waals surface area contributed by atoms with E-state index in [1.165, 1.54) is 12.8 Å². The van der Waals surface area contributed by atoms with E-state index in [2.05, 4.69) is 67.9 Å². The molecule has 1 saturated heterocycles. The summed E-state index contributed by atoms with van der Waals surface area (Å²) >= 11 is 0. The molecule has 0 atom stereocenters. The van der Waals surface area contributed by atoms with Crippen LogP contribution < -0.4 is 10.6 Å². The number of halogens is 1. The standard InChI is InChI=1S/C35H41FN8/c1-5-6-7-14-44-25-33(23-39-44)41-35-37-21-28(22-38-35)9-11-29-19-30(10-8-26(29)2)27(3)40-32-13-12-31(34(36)20-32)24-43-17-15-42(4)16-18-43/h8,10,12-13,19-23,25,40H,3,5-7,14-18,24H2,1-2,4H3,(H,37,38,41). The topological polar surface area (TPSA) is 74.1 Å². The molecule has 4 aromatic rings. The van der Waals surface area contributed by atoms with Crippen molar-refractivity contribution in [2.45, 2.75) is 46.2 Å². The lowest BCUT2D eigenvalue weighted by Gasteiger charge is -2.32. The third-order valence-corrected chi connectivity index (χ3v) is 7.80. The van der Waals surface area contributed by atoms with E-state index in [1.807, 2.05) is 48.1 Å². The monoisotopic (exact) mass is 592 g/mol. The van der Waals surface area contributed by atoms with Gasteiger partial charge in [0.25, 0.3) is 0 Å². The Morgan fingerprint density at radius 3 is 2.52 bits per heavy atom. The average molecular weight is 593 g/mol. The SMILES string of the molecule is C=C(Nc1ccc(CN2CCN(C)CC2)c(F)c1)c1ccc(C)c(C#Cc2cnc(Nc3cnn(CCCCC)c3)nc2)c1. The fourth-order valence-corrected chi connectivity index (χ4v) is 4.99. The van der Waals surface area contributed by atoms with Crippen LogP contribution in [-0.2, 0) is 13.1 Å². The van der Waals surface area contributed by atoms with Gasteiger partial charge in [0.15, 0.2) is 0 Å². The van der Waals surface area contributed by atoms with Crippen LogP contribution in [0.25, 0.3) is 5.70 Å². The molecule has 44 heavy (non-hydrogen) atoms. The normalized spacial score (nSPS) is 13.7. The molecule has 9 heteroatoms. The fourth-order valence-electron chi connectivity index (χ4n) is 4.99. The van der Waals surface area contributed by atoms with Crippen LogP contribution in [0.5, 0.6) is 0 Å². The number of benzene rings is 2. The van der Waals surface area contributed by atoms with Crippen molar-refractivity contribution in [3.8, 4) is 11.8 Å². The van der Waals surface area contributed by atoms with Crippen LogP contribution in [0, 0.1) is 24.6 Å². The Kier molecular flexibility index (Phi) is 10.4. The molecule has 2 aromatic carbocycles. The van der Waals surface area contributed by atoms with Crippen LogP contribution >= 0.6 is 0 Å². The molecule has 3 heterocycles. The number of aromatic nitrogens is 4. The van der Waals surface area contributed by atoms with Gasteiger partial charge in [-0.1, -0.05) is 56.4 Å². The van der Waals surface area contributed by atoms with E-state index < -0.39 is 0 Å². The lowest BCUT2D eigenvalue weighted by Crippen LogP contribution is -2.44. The van der Waals surface area contributed by atoms with Gasteiger partial charge in [0.2, 0.25) is 5.95 Å². The summed E-state index contributed by atoms with van der Waals surface area (Å²) in [5.74, 6) is 6.69. The first-order chi connectivity index (χ1) is 21.4. The summed E-state index contributed by atoms with van der Waals surface area (Å²) in [6, 6.07) is 11.3. The van der Waals surface area contributed by atoms with E-state index in [4.69, 9.17) is 0 Å². The summed E-state index contributed by atoms with van der Waals surface area (Å²) in [6.45, 7) is 13.8. The molecular weight excluding hydrogens is 551 g/mol. The maximum atomic E-state index is 15.0. The Morgan fingerprint density at radius 2 is 1.77 bits per heavy atom. The minimum atomic E-state index is -0.210. The molecule has 0 unspecified atom stereocenters. The smallest absolute Gasteiger partial charge is 0.227 e. The highest BCUT2D eigenvalue weighted by atomic mass is 19.1. The molecule has 1 aliphatic rings. The molecule has 0 saturated carbocycles. The van der Waals surface area contributed by atoms with Gasteiger partial charge in [-0.05, 0) is 49.7 Å². The van der Waals surface area contributed by atoms with E-state index in [-0.39, 0.29) is 5.82 Å². The number of likely N-dealkylation sites (N-methyl/N-ethyl adjacent to an activating group) is 1. The Bertz CT molecular complexity index is 1620. The van der Waals surface area contributed by atoms with Gasteiger partial charge in [-0.15, -0.1) is 0 Å². The van der Waals surface area contributed by atoms with Gasteiger partial charge in [0.1, 0.15) is 5.82 Å². The van der Waals surface area contributed by atoms with Gasteiger partial charge in [-0.3, -0.25) is 9.58 Å². The maximum absolute atomic E-state index is 15.0. The summed E-state index contributed by atoms with van der Waals surface area (Å²) in [4.78, 5) is 13.4. The number of hydrogen-bond donors (Lipinski definition) is 2. The lowest BCUT2D eigenvalue weighted by atomic mass is 10.0. The number of nitrogens with one attached hydrogen (secondary N) is 2. The third-order valence-electron chi connectivity index (χ3n) is 7.80. The van der Waals surface area contributed by atoms with E-state index in [0.717, 1.165) is 61.5 Å². The van der Waals surface area contributed by atoms with E-state index in [1.54, 1.807) is 24.7 Å². The van der Waals surface area contributed by atoms with Gasteiger partial charge in [-0.25, -0.2) is 14.4 Å². The van der Waals surface area contributed by atoms with E-state index in [0.29, 0.717) is 35.0 Å². The van der Waals surface area contributed by atoms with Crippen molar-refractivity contribution in [3.63, 3.8) is 0 Å². The Labute approximate surface area is 260 Å². The first-order valence-electron chi connectivity index (χ1n) is 15.3. The molecule has 2 aromatic heterocycles. The van der Waals surface area contributed by atoms with Gasteiger partial charge in [-0.2, -0.15) is 5.10 Å². The molecule has 2 N–H and O–H groups in total. The predicted molar refractivity (Wildman–Crippen MR) is 176 cm³/mol. The molecule has 0 amide bonds. The highest BCUT2D eigenvalue weighted by Gasteiger charge is 2.16. The number of hydrogen-bond acceptors (Lipinski definition) is 7. The highest BCUT2D eigenvalue weighted by Crippen LogP contribution is 2.23. The first kappa shape index (κ1) is 30.9. The Hall–Kier alpha value is -4.52. The number of rotatable bonds is 11. The van der Waals surface area contributed by atoms with Crippen LogP contribution in [0.1, 0.15) is 54.0 Å². The molecule has 0 radical (unpaired) electrons. The quantitative estimate of drug-likeness (QED) is 0.157. The molecule has 1 fully saturated rings. The molecule has 0 spiro atoms. The van der Waals surface area contributed by atoms with Gasteiger partial charge in [0.05, 0.1) is 17.4 Å². The first-order valence-corrected chi connectivity index (χ1v) is 15.3. The highest BCUT2D eigenvalue weighted by molar-refractivity contribution is 5.76. The van der Waals surface area contributed by atoms with Gasteiger partial charge in [0, 0.05) is 80.4 Å². The van der Waals surface area contributed by atoms with Crippen molar-refractivity contribution in [1.29, 1.82) is 0 Å². The van der Waals surface area contributed by atoms with Crippen molar-refractivity contribution in [3.05, 3.63) is 101 Å². The zero-order chi connectivity index (χ0) is 30.9. The zero-order valence-electron chi connectivity index (χ0n) is 25.9. The summed E-state index contributed by atoms with van der Waals surface area (Å²) in [5.41, 5.74) is 6.41. The Morgan fingerprint density at radius 1 is 0.977 bits per heavy atom. The van der Waals surface area contributed by atoms with Gasteiger partial charge >= 0.3 is 0 Å². The van der Waals surface area contributed by atoms with Crippen molar-refractivity contribution >= 4 is 23.0 Å². The average Bonchev–Trinajstić information content (AvgIpc) is 3.47. The summed E-state index contributed by atoms with van der Waals surface area (Å²) < 4.78 is 16.9. The van der Waals surface area contributed by atoms with E-state index in [9.17, 15) is 4.39 Å². The maximum Gasteiger partial charge on any atom is 0.227 e. The third kappa shape index (κ3) is 8.53. The number of unbranched alkanes of at least 4 members (excludes halogenated alkanes) is 2. The van der Waals surface area contributed by atoms with Crippen molar-refractivity contribution in [1.82, 2.24) is 29.5 Å². The van der Waals surface area contributed by atoms with E-state index >= 15 is 0 Å². The molecule has 228 valence electrons. The number of nitrogens with zero attached hydrogens (tertiary/aromatic N) is 6. The fraction of sp³-hybridized carbons (Fsp3) is 0.343. The summed E-state index contributed by atoms with van der Waals surface area (Å²) in [5, 5.41) is 10.8. The Balaban J connectivity index is 1.18. The van der Waals surface area contributed by atoms with Crippen LogP contribution in [0.3, 0.4) is 0 Å². The molecular formula is C35H41FN8. The van der Waals surface area contributed by atoms with Crippen molar-refractivity contribution in [2.75, 3.05) is 43.9 Å². The molecule has 0 aliphatic carbocycles. The largest absolute Gasteiger partial charge is 0.355 e. The lowest BCUT2D eigenvalue weighted by molar-refractivity contribution is 0.147. The minimum absolute atomic E-state index is 0.210. The molecule has 1 aliphatic heterocycles. The zero-order valence-corrected chi connectivity index (χ0v) is 25.9. The number of piperazine rings is 1. The minimum Gasteiger partial charge on any atom is -0.355 e.